The lowest BCUT2D eigenvalue weighted by molar-refractivity contribution is 0.521. The SMILES string of the molecule is CC(Nc1cc(S(=O)(=O)N(C)C)ccc1N)c1ccsc1. The van der Waals surface area contributed by atoms with Crippen molar-refractivity contribution in [2.75, 3.05) is 25.1 Å². The molecule has 1 atom stereocenters. The maximum Gasteiger partial charge on any atom is 0.242 e. The number of rotatable bonds is 5. The number of nitrogens with one attached hydrogen (secondary N) is 1. The van der Waals surface area contributed by atoms with E-state index in [1.54, 1.807) is 23.5 Å². The van der Waals surface area contributed by atoms with Crippen LogP contribution in [0.3, 0.4) is 0 Å². The Kier molecular flexibility index (Phi) is 4.55. The Bertz CT molecular complexity index is 710. The minimum atomic E-state index is -3.47. The number of hydrogen-bond acceptors (Lipinski definition) is 5. The average molecular weight is 325 g/mol. The van der Waals surface area contributed by atoms with Crippen LogP contribution in [0.15, 0.2) is 39.9 Å². The number of benzene rings is 1. The fourth-order valence-corrected chi connectivity index (χ4v) is 3.55. The van der Waals surface area contributed by atoms with Crippen molar-refractivity contribution in [3.8, 4) is 0 Å². The fourth-order valence-electron chi connectivity index (χ4n) is 1.87. The summed E-state index contributed by atoms with van der Waals surface area (Å²) in [5.74, 6) is 0. The molecule has 0 spiro atoms. The molecule has 0 aliphatic heterocycles. The Hall–Kier alpha value is -1.57. The van der Waals surface area contributed by atoms with E-state index < -0.39 is 10.0 Å². The molecule has 1 unspecified atom stereocenters. The van der Waals surface area contributed by atoms with Gasteiger partial charge in [0.25, 0.3) is 0 Å². The van der Waals surface area contributed by atoms with Crippen molar-refractivity contribution < 1.29 is 8.42 Å². The van der Waals surface area contributed by atoms with Crippen LogP contribution in [-0.2, 0) is 10.0 Å². The molecule has 0 aliphatic carbocycles. The van der Waals surface area contributed by atoms with Crippen LogP contribution in [0.2, 0.25) is 0 Å². The summed E-state index contributed by atoms with van der Waals surface area (Å²) >= 11 is 1.62. The summed E-state index contributed by atoms with van der Waals surface area (Å²) in [7, 11) is -0.452. The first-order chi connectivity index (χ1) is 9.82. The van der Waals surface area contributed by atoms with E-state index in [4.69, 9.17) is 5.73 Å². The molecule has 1 heterocycles. The molecule has 0 saturated carbocycles. The lowest BCUT2D eigenvalue weighted by atomic mass is 10.1. The highest BCUT2D eigenvalue weighted by atomic mass is 32.2. The van der Waals surface area contributed by atoms with Gasteiger partial charge in [-0.3, -0.25) is 0 Å². The van der Waals surface area contributed by atoms with E-state index >= 15 is 0 Å². The third-order valence-corrected chi connectivity index (χ3v) is 5.73. The summed E-state index contributed by atoms with van der Waals surface area (Å²) in [5.41, 5.74) is 8.23. The van der Waals surface area contributed by atoms with E-state index in [2.05, 4.69) is 5.32 Å². The summed E-state index contributed by atoms with van der Waals surface area (Å²) in [6.07, 6.45) is 0. The van der Waals surface area contributed by atoms with Crippen LogP contribution in [0.1, 0.15) is 18.5 Å². The second-order valence-corrected chi connectivity index (χ2v) is 7.89. The van der Waals surface area contributed by atoms with Crippen molar-refractivity contribution in [3.05, 3.63) is 40.6 Å². The second kappa shape index (κ2) is 6.05. The maximum atomic E-state index is 12.2. The molecule has 0 fully saturated rings. The molecular formula is C14H19N3O2S2. The molecular weight excluding hydrogens is 306 g/mol. The minimum Gasteiger partial charge on any atom is -0.397 e. The van der Waals surface area contributed by atoms with Gasteiger partial charge >= 0.3 is 0 Å². The summed E-state index contributed by atoms with van der Waals surface area (Å²) < 4.78 is 25.5. The smallest absolute Gasteiger partial charge is 0.242 e. The molecule has 0 radical (unpaired) electrons. The molecule has 1 aromatic carbocycles. The fraction of sp³-hybridized carbons (Fsp3) is 0.286. The van der Waals surface area contributed by atoms with Crippen molar-refractivity contribution in [2.24, 2.45) is 0 Å². The monoisotopic (exact) mass is 325 g/mol. The molecule has 3 N–H and O–H groups in total. The van der Waals surface area contributed by atoms with Gasteiger partial charge in [0.2, 0.25) is 10.0 Å². The maximum absolute atomic E-state index is 12.2. The zero-order valence-electron chi connectivity index (χ0n) is 12.2. The molecule has 1 aromatic heterocycles. The van der Waals surface area contributed by atoms with Gasteiger partial charge in [0.05, 0.1) is 16.3 Å². The molecule has 2 aromatic rings. The Morgan fingerprint density at radius 3 is 2.57 bits per heavy atom. The van der Waals surface area contributed by atoms with Gasteiger partial charge in [-0.15, -0.1) is 0 Å². The van der Waals surface area contributed by atoms with Gasteiger partial charge in [-0.2, -0.15) is 11.3 Å². The number of hydrogen-bond donors (Lipinski definition) is 2. The predicted molar refractivity (Wildman–Crippen MR) is 88.1 cm³/mol. The number of nitrogens with zero attached hydrogens (tertiary/aromatic N) is 1. The van der Waals surface area contributed by atoms with E-state index in [-0.39, 0.29) is 10.9 Å². The minimum absolute atomic E-state index is 0.0517. The Morgan fingerprint density at radius 2 is 2.00 bits per heavy atom. The van der Waals surface area contributed by atoms with Gasteiger partial charge in [0, 0.05) is 20.1 Å². The van der Waals surface area contributed by atoms with Crippen molar-refractivity contribution >= 4 is 32.7 Å². The topological polar surface area (TPSA) is 75.4 Å². The van der Waals surface area contributed by atoms with Crippen LogP contribution in [-0.4, -0.2) is 26.8 Å². The van der Waals surface area contributed by atoms with Crippen LogP contribution in [0.5, 0.6) is 0 Å². The normalized spacial score (nSPS) is 13.3. The Morgan fingerprint density at radius 1 is 1.29 bits per heavy atom. The number of thiophene rings is 1. The quantitative estimate of drug-likeness (QED) is 0.829. The van der Waals surface area contributed by atoms with Gasteiger partial charge in [0.15, 0.2) is 0 Å². The van der Waals surface area contributed by atoms with E-state index in [9.17, 15) is 8.42 Å². The summed E-state index contributed by atoms with van der Waals surface area (Å²) in [5, 5.41) is 7.32. The second-order valence-electron chi connectivity index (χ2n) is 4.96. The number of sulfonamides is 1. The highest BCUT2D eigenvalue weighted by molar-refractivity contribution is 7.89. The number of anilines is 2. The van der Waals surface area contributed by atoms with Crippen LogP contribution < -0.4 is 11.1 Å². The number of nitrogens with two attached hydrogens (primary N) is 1. The summed E-state index contributed by atoms with van der Waals surface area (Å²) in [4.78, 5) is 0.224. The third kappa shape index (κ3) is 3.37. The van der Waals surface area contributed by atoms with Crippen molar-refractivity contribution in [2.45, 2.75) is 17.9 Å². The van der Waals surface area contributed by atoms with Gasteiger partial charge in [-0.05, 0) is 47.5 Å². The first-order valence-electron chi connectivity index (χ1n) is 6.43. The zero-order chi connectivity index (χ0) is 15.6. The van der Waals surface area contributed by atoms with Gasteiger partial charge in [0.1, 0.15) is 0 Å². The van der Waals surface area contributed by atoms with Crippen LogP contribution in [0, 0.1) is 0 Å². The molecule has 7 heteroatoms. The molecule has 2 rings (SSSR count). The first kappa shape index (κ1) is 15.8. The van der Waals surface area contributed by atoms with Crippen LogP contribution in [0.4, 0.5) is 11.4 Å². The highest BCUT2D eigenvalue weighted by Gasteiger charge is 2.19. The van der Waals surface area contributed by atoms with Crippen LogP contribution >= 0.6 is 11.3 Å². The van der Waals surface area contributed by atoms with Crippen molar-refractivity contribution in [3.63, 3.8) is 0 Å². The molecule has 114 valence electrons. The molecule has 0 amide bonds. The third-order valence-electron chi connectivity index (χ3n) is 3.22. The van der Waals surface area contributed by atoms with E-state index in [0.29, 0.717) is 11.4 Å². The lowest BCUT2D eigenvalue weighted by Gasteiger charge is -2.18. The molecule has 5 nitrogen and oxygen atoms in total. The van der Waals surface area contributed by atoms with Crippen molar-refractivity contribution in [1.29, 1.82) is 0 Å². The largest absolute Gasteiger partial charge is 0.397 e. The van der Waals surface area contributed by atoms with E-state index in [1.165, 1.54) is 24.5 Å². The lowest BCUT2D eigenvalue weighted by Crippen LogP contribution is -2.22. The van der Waals surface area contributed by atoms with E-state index in [0.717, 1.165) is 5.56 Å². The Balaban J connectivity index is 2.32. The van der Waals surface area contributed by atoms with E-state index in [1.807, 2.05) is 23.8 Å². The van der Waals surface area contributed by atoms with Crippen LogP contribution in [0.25, 0.3) is 0 Å². The summed E-state index contributed by atoms with van der Waals surface area (Å²) in [6.45, 7) is 2.01. The highest BCUT2D eigenvalue weighted by Crippen LogP contribution is 2.28. The Labute approximate surface area is 129 Å². The zero-order valence-corrected chi connectivity index (χ0v) is 13.8. The number of nitrogen functional groups attached to an aromatic ring is 1. The van der Waals surface area contributed by atoms with Gasteiger partial charge in [-0.1, -0.05) is 0 Å². The average Bonchev–Trinajstić information content (AvgIpc) is 2.94. The molecule has 0 aliphatic rings. The standard InChI is InChI=1S/C14H19N3O2S2/c1-10(11-6-7-20-9-11)16-14-8-12(4-5-13(14)15)21(18,19)17(2)3/h4-10,16H,15H2,1-3H3. The first-order valence-corrected chi connectivity index (χ1v) is 8.81. The van der Waals surface area contributed by atoms with Gasteiger partial charge in [-0.25, -0.2) is 12.7 Å². The molecule has 0 saturated heterocycles. The summed E-state index contributed by atoms with van der Waals surface area (Å²) in [6, 6.07) is 6.78. The molecule has 21 heavy (non-hydrogen) atoms. The van der Waals surface area contributed by atoms with Crippen molar-refractivity contribution in [1.82, 2.24) is 4.31 Å². The predicted octanol–water partition coefficient (Wildman–Crippen LogP) is 2.75. The molecule has 0 bridgehead atoms. The van der Waals surface area contributed by atoms with Gasteiger partial charge < -0.3 is 11.1 Å².